The molecule has 0 unspecified atom stereocenters. The molecular formula is C8H11ClN2O3S2. The van der Waals surface area contributed by atoms with E-state index in [9.17, 15) is 8.42 Å². The number of sulfonamides is 1. The molecular weight excluding hydrogens is 272 g/mol. The van der Waals surface area contributed by atoms with E-state index in [2.05, 4.69) is 9.71 Å². The van der Waals surface area contributed by atoms with Crippen molar-refractivity contribution in [1.82, 2.24) is 9.71 Å². The van der Waals surface area contributed by atoms with Crippen LogP contribution in [0.1, 0.15) is 12.8 Å². The molecule has 1 saturated carbocycles. The van der Waals surface area contributed by atoms with Gasteiger partial charge in [0.1, 0.15) is 0 Å². The second-order valence-electron chi connectivity index (χ2n) is 3.78. The highest BCUT2D eigenvalue weighted by molar-refractivity contribution is 7.91. The molecule has 2 N–H and O–H groups in total. The predicted molar refractivity (Wildman–Crippen MR) is 61.0 cm³/mol. The van der Waals surface area contributed by atoms with Crippen molar-refractivity contribution < 1.29 is 13.5 Å². The molecule has 0 aromatic carbocycles. The molecule has 0 saturated heterocycles. The van der Waals surface area contributed by atoms with E-state index in [0.29, 0.717) is 19.4 Å². The van der Waals surface area contributed by atoms with E-state index in [1.165, 1.54) is 6.20 Å². The van der Waals surface area contributed by atoms with Gasteiger partial charge in [-0.3, -0.25) is 0 Å². The van der Waals surface area contributed by atoms with Crippen molar-refractivity contribution >= 4 is 33.0 Å². The fraction of sp³-hybridized carbons (Fsp3) is 0.625. The number of rotatable bonds is 4. The van der Waals surface area contributed by atoms with E-state index >= 15 is 0 Å². The summed E-state index contributed by atoms with van der Waals surface area (Å²) in [4.78, 5) is 3.68. The number of hydrogen-bond donors (Lipinski definition) is 2. The van der Waals surface area contributed by atoms with Crippen molar-refractivity contribution in [2.45, 2.75) is 23.2 Å². The lowest BCUT2D eigenvalue weighted by molar-refractivity contribution is 0.0453. The Hall–Kier alpha value is -0.210. The first kappa shape index (κ1) is 12.3. The summed E-state index contributed by atoms with van der Waals surface area (Å²) in [7, 11) is -3.49. The molecule has 1 heterocycles. The maximum atomic E-state index is 11.7. The standard InChI is InChI=1S/C8H11ClN2O3S2/c9-8-10-4-7(15-8)16(13,14)11-3-5-1-6(12)2-5/h4-6,11-12H,1-3H2. The lowest BCUT2D eigenvalue weighted by atomic mass is 9.83. The highest BCUT2D eigenvalue weighted by atomic mass is 35.5. The van der Waals surface area contributed by atoms with Gasteiger partial charge in [0.2, 0.25) is 0 Å². The van der Waals surface area contributed by atoms with E-state index in [0.717, 1.165) is 11.3 Å². The number of nitrogens with one attached hydrogen (secondary N) is 1. The van der Waals surface area contributed by atoms with Crippen LogP contribution in [0.4, 0.5) is 0 Å². The van der Waals surface area contributed by atoms with Gasteiger partial charge in [0.15, 0.2) is 8.68 Å². The molecule has 90 valence electrons. The van der Waals surface area contributed by atoms with Crippen LogP contribution in [0, 0.1) is 5.92 Å². The highest BCUT2D eigenvalue weighted by Gasteiger charge is 2.28. The Kier molecular flexibility index (Phi) is 3.50. The predicted octanol–water partition coefficient (Wildman–Crippen LogP) is 0.846. The molecule has 16 heavy (non-hydrogen) atoms. The summed E-state index contributed by atoms with van der Waals surface area (Å²) in [5.74, 6) is 0.230. The number of aliphatic hydroxyl groups excluding tert-OH is 1. The summed E-state index contributed by atoms with van der Waals surface area (Å²) in [6.45, 7) is 0.356. The Bertz CT molecular complexity index is 467. The number of nitrogens with zero attached hydrogens (tertiary/aromatic N) is 1. The van der Waals surface area contributed by atoms with Crippen LogP contribution in [0.15, 0.2) is 10.4 Å². The first-order valence-corrected chi connectivity index (χ1v) is 7.44. The molecule has 0 atom stereocenters. The highest BCUT2D eigenvalue weighted by Crippen LogP contribution is 2.27. The minimum absolute atomic E-state index is 0.123. The van der Waals surface area contributed by atoms with Gasteiger partial charge < -0.3 is 5.11 Å². The van der Waals surface area contributed by atoms with Crippen molar-refractivity contribution in [2.24, 2.45) is 5.92 Å². The molecule has 8 heteroatoms. The first-order chi connectivity index (χ1) is 7.47. The van der Waals surface area contributed by atoms with E-state index in [-0.39, 0.29) is 20.7 Å². The van der Waals surface area contributed by atoms with E-state index in [4.69, 9.17) is 16.7 Å². The topological polar surface area (TPSA) is 79.3 Å². The van der Waals surface area contributed by atoms with Crippen LogP contribution in [0.3, 0.4) is 0 Å². The van der Waals surface area contributed by atoms with Crippen molar-refractivity contribution in [1.29, 1.82) is 0 Å². The SMILES string of the molecule is O=S(=O)(NCC1CC(O)C1)c1cnc(Cl)s1. The second kappa shape index (κ2) is 4.58. The largest absolute Gasteiger partial charge is 0.393 e. The average Bonchev–Trinajstić information content (AvgIpc) is 2.58. The zero-order chi connectivity index (χ0) is 11.8. The van der Waals surface area contributed by atoms with Gasteiger partial charge in [-0.1, -0.05) is 22.9 Å². The van der Waals surface area contributed by atoms with Gasteiger partial charge in [0, 0.05) is 6.54 Å². The number of halogens is 1. The van der Waals surface area contributed by atoms with Gasteiger partial charge >= 0.3 is 0 Å². The minimum atomic E-state index is -3.49. The molecule has 1 aliphatic rings. The van der Waals surface area contributed by atoms with E-state index < -0.39 is 10.0 Å². The Morgan fingerprint density at radius 2 is 2.31 bits per heavy atom. The fourth-order valence-electron chi connectivity index (χ4n) is 1.53. The van der Waals surface area contributed by atoms with Crippen LogP contribution < -0.4 is 4.72 Å². The molecule has 5 nitrogen and oxygen atoms in total. The third-order valence-electron chi connectivity index (χ3n) is 2.49. The number of hydrogen-bond acceptors (Lipinski definition) is 5. The second-order valence-corrected chi connectivity index (χ2v) is 7.38. The van der Waals surface area contributed by atoms with Gasteiger partial charge in [-0.25, -0.2) is 18.1 Å². The zero-order valence-corrected chi connectivity index (χ0v) is 10.6. The molecule has 1 aliphatic carbocycles. The lowest BCUT2D eigenvalue weighted by Gasteiger charge is -2.31. The Labute approximate surface area is 103 Å². The summed E-state index contributed by atoms with van der Waals surface area (Å²) in [5.41, 5.74) is 0. The number of aromatic nitrogens is 1. The van der Waals surface area contributed by atoms with E-state index in [1.54, 1.807) is 0 Å². The molecule has 0 amide bonds. The molecule has 0 radical (unpaired) electrons. The first-order valence-electron chi connectivity index (χ1n) is 4.76. The molecule has 0 bridgehead atoms. The Morgan fingerprint density at radius 3 is 2.81 bits per heavy atom. The van der Waals surface area contributed by atoms with Crippen LogP contribution in [-0.4, -0.2) is 31.2 Å². The van der Waals surface area contributed by atoms with Gasteiger partial charge in [-0.15, -0.1) is 0 Å². The zero-order valence-electron chi connectivity index (χ0n) is 8.26. The van der Waals surface area contributed by atoms with Crippen molar-refractivity contribution in [3.05, 3.63) is 10.7 Å². The van der Waals surface area contributed by atoms with Crippen molar-refractivity contribution in [3.8, 4) is 0 Å². The molecule has 1 fully saturated rings. The smallest absolute Gasteiger partial charge is 0.251 e. The van der Waals surface area contributed by atoms with Gasteiger partial charge in [0.25, 0.3) is 10.0 Å². The van der Waals surface area contributed by atoms with Gasteiger partial charge in [-0.2, -0.15) is 0 Å². The van der Waals surface area contributed by atoms with Crippen LogP contribution in [0.2, 0.25) is 4.47 Å². The maximum absolute atomic E-state index is 11.7. The third kappa shape index (κ3) is 2.72. The quantitative estimate of drug-likeness (QED) is 0.858. The number of thiazole rings is 1. The summed E-state index contributed by atoms with van der Waals surface area (Å²) < 4.78 is 26.2. The summed E-state index contributed by atoms with van der Waals surface area (Å²) in [6.07, 6.45) is 2.29. The van der Waals surface area contributed by atoms with Crippen LogP contribution in [0.25, 0.3) is 0 Å². The fourth-order valence-corrected chi connectivity index (χ4v) is 3.98. The van der Waals surface area contributed by atoms with E-state index in [1.807, 2.05) is 0 Å². The summed E-state index contributed by atoms with van der Waals surface area (Å²) in [6, 6.07) is 0. The molecule has 0 spiro atoms. The minimum Gasteiger partial charge on any atom is -0.393 e. The normalized spacial score (nSPS) is 25.4. The third-order valence-corrected chi connectivity index (χ3v) is 5.49. The summed E-state index contributed by atoms with van der Waals surface area (Å²) >= 11 is 6.50. The van der Waals surface area contributed by atoms with Crippen molar-refractivity contribution in [2.75, 3.05) is 6.54 Å². The van der Waals surface area contributed by atoms with Crippen LogP contribution in [-0.2, 0) is 10.0 Å². The lowest BCUT2D eigenvalue weighted by Crippen LogP contribution is -2.38. The van der Waals surface area contributed by atoms with Crippen LogP contribution >= 0.6 is 22.9 Å². The van der Waals surface area contributed by atoms with Crippen molar-refractivity contribution in [3.63, 3.8) is 0 Å². The van der Waals surface area contributed by atoms with Crippen LogP contribution in [0.5, 0.6) is 0 Å². The molecule has 1 aromatic heterocycles. The maximum Gasteiger partial charge on any atom is 0.251 e. The Morgan fingerprint density at radius 1 is 1.62 bits per heavy atom. The molecule has 2 rings (SSSR count). The van der Waals surface area contributed by atoms with Gasteiger partial charge in [0.05, 0.1) is 12.3 Å². The average molecular weight is 283 g/mol. The summed E-state index contributed by atoms with van der Waals surface area (Å²) in [5, 5.41) is 9.07. The molecule has 0 aliphatic heterocycles. The molecule has 1 aromatic rings. The number of aliphatic hydroxyl groups is 1. The monoisotopic (exact) mass is 282 g/mol. The Balaban J connectivity index is 1.93. The van der Waals surface area contributed by atoms with Gasteiger partial charge in [-0.05, 0) is 18.8 Å².